The monoisotopic (exact) mass is 415 g/mol. The Morgan fingerprint density at radius 2 is 1.75 bits per heavy atom. The summed E-state index contributed by atoms with van der Waals surface area (Å²) < 4.78 is 5.05. The molecule has 0 fully saturated rings. The van der Waals surface area contributed by atoms with Crippen molar-refractivity contribution in [2.75, 3.05) is 5.32 Å². The summed E-state index contributed by atoms with van der Waals surface area (Å²) in [6, 6.07) is 14.8. The van der Waals surface area contributed by atoms with Gasteiger partial charge in [0.1, 0.15) is 0 Å². The van der Waals surface area contributed by atoms with E-state index in [0.29, 0.717) is 16.4 Å². The van der Waals surface area contributed by atoms with Crippen molar-refractivity contribution in [2.45, 2.75) is 6.92 Å². The maximum absolute atomic E-state index is 12.2. The normalized spacial score (nSPS) is 11.2. The molecule has 0 atom stereocenters. The van der Waals surface area contributed by atoms with E-state index >= 15 is 0 Å². The molecule has 2 N–H and O–H groups in total. The van der Waals surface area contributed by atoms with E-state index in [2.05, 4.69) is 15.8 Å². The fourth-order valence-corrected chi connectivity index (χ4v) is 2.82. The molecule has 3 aromatic rings. The zero-order chi connectivity index (χ0) is 20.1. The number of hydrazone groups is 1. The second kappa shape index (κ2) is 8.73. The van der Waals surface area contributed by atoms with Crippen LogP contribution in [0.3, 0.4) is 0 Å². The molecule has 1 aromatic heterocycles. The van der Waals surface area contributed by atoms with Crippen molar-refractivity contribution in [3.05, 3.63) is 87.8 Å². The highest BCUT2D eigenvalue weighted by molar-refractivity contribution is 6.36. The number of carbonyl (C=O) groups excluding carboxylic acids is 2. The number of amides is 2. The Balaban J connectivity index is 1.64. The predicted molar refractivity (Wildman–Crippen MR) is 109 cm³/mol. The van der Waals surface area contributed by atoms with Crippen LogP contribution >= 0.6 is 23.2 Å². The standard InChI is InChI=1S/C20H15Cl2N3O3/c1-12(24-25-19(26)16-9-6-14(21)11-17(16)22)13-4-7-15(8-5-13)23-20(27)18-3-2-10-28-18/h2-11H,1H3,(H,23,27)(H,25,26)/b24-12-. The Labute approximate surface area is 171 Å². The molecule has 142 valence electrons. The average molecular weight is 416 g/mol. The van der Waals surface area contributed by atoms with Crippen LogP contribution in [0.2, 0.25) is 10.0 Å². The molecule has 6 nitrogen and oxygen atoms in total. The van der Waals surface area contributed by atoms with Crippen LogP contribution in [0.25, 0.3) is 0 Å². The molecule has 0 bridgehead atoms. The summed E-state index contributed by atoms with van der Waals surface area (Å²) in [5, 5.41) is 7.50. The van der Waals surface area contributed by atoms with Crippen molar-refractivity contribution in [1.82, 2.24) is 5.43 Å². The van der Waals surface area contributed by atoms with Crippen molar-refractivity contribution in [3.8, 4) is 0 Å². The Kier molecular flexibility index (Phi) is 6.13. The molecule has 8 heteroatoms. The largest absolute Gasteiger partial charge is 0.459 e. The second-order valence-electron chi connectivity index (χ2n) is 5.77. The first-order valence-electron chi connectivity index (χ1n) is 8.19. The molecule has 0 saturated carbocycles. The first-order chi connectivity index (χ1) is 13.4. The molecule has 0 radical (unpaired) electrons. The van der Waals surface area contributed by atoms with Crippen LogP contribution in [-0.2, 0) is 0 Å². The van der Waals surface area contributed by atoms with Crippen molar-refractivity contribution in [1.29, 1.82) is 0 Å². The van der Waals surface area contributed by atoms with Gasteiger partial charge in [0.15, 0.2) is 5.76 Å². The van der Waals surface area contributed by atoms with Gasteiger partial charge in [-0.25, -0.2) is 5.43 Å². The van der Waals surface area contributed by atoms with Gasteiger partial charge < -0.3 is 9.73 Å². The van der Waals surface area contributed by atoms with Gasteiger partial charge in [-0.2, -0.15) is 5.10 Å². The predicted octanol–water partition coefficient (Wildman–Crippen LogP) is 4.99. The van der Waals surface area contributed by atoms with E-state index in [1.807, 2.05) is 0 Å². The lowest BCUT2D eigenvalue weighted by molar-refractivity contribution is 0.0953. The number of hydrogen-bond donors (Lipinski definition) is 2. The maximum Gasteiger partial charge on any atom is 0.291 e. The van der Waals surface area contributed by atoms with Crippen LogP contribution in [0.1, 0.15) is 33.4 Å². The number of nitrogens with one attached hydrogen (secondary N) is 2. The lowest BCUT2D eigenvalue weighted by Gasteiger charge is -2.07. The molecule has 0 aliphatic rings. The van der Waals surface area contributed by atoms with Gasteiger partial charge in [-0.1, -0.05) is 35.3 Å². The molecule has 0 aliphatic heterocycles. The summed E-state index contributed by atoms with van der Waals surface area (Å²) in [6.45, 7) is 1.75. The molecule has 2 amide bonds. The molecular weight excluding hydrogens is 401 g/mol. The molecule has 0 unspecified atom stereocenters. The molecule has 28 heavy (non-hydrogen) atoms. The molecular formula is C20H15Cl2N3O3. The number of nitrogens with zero attached hydrogens (tertiary/aromatic N) is 1. The van der Waals surface area contributed by atoms with E-state index in [9.17, 15) is 9.59 Å². The van der Waals surface area contributed by atoms with Crippen LogP contribution in [0.15, 0.2) is 70.4 Å². The molecule has 0 spiro atoms. The van der Waals surface area contributed by atoms with E-state index in [-0.39, 0.29) is 22.3 Å². The smallest absolute Gasteiger partial charge is 0.291 e. The summed E-state index contributed by atoms with van der Waals surface area (Å²) in [6.07, 6.45) is 1.43. The van der Waals surface area contributed by atoms with Crippen LogP contribution < -0.4 is 10.7 Å². The number of anilines is 1. The van der Waals surface area contributed by atoms with E-state index < -0.39 is 5.91 Å². The summed E-state index contributed by atoms with van der Waals surface area (Å²) in [5.74, 6) is -0.552. The van der Waals surface area contributed by atoms with Gasteiger partial charge in [-0.05, 0) is 55.0 Å². The highest BCUT2D eigenvalue weighted by atomic mass is 35.5. The van der Waals surface area contributed by atoms with Crippen molar-refractivity contribution in [2.24, 2.45) is 5.10 Å². The van der Waals surface area contributed by atoms with Gasteiger partial charge in [-0.3, -0.25) is 9.59 Å². The summed E-state index contributed by atoms with van der Waals surface area (Å²) in [7, 11) is 0. The fraction of sp³-hybridized carbons (Fsp3) is 0.0500. The Morgan fingerprint density at radius 3 is 2.39 bits per heavy atom. The Morgan fingerprint density at radius 1 is 1.00 bits per heavy atom. The third kappa shape index (κ3) is 4.79. The third-order valence-corrected chi connectivity index (χ3v) is 4.35. The van der Waals surface area contributed by atoms with Crippen molar-refractivity contribution < 1.29 is 14.0 Å². The van der Waals surface area contributed by atoms with Crippen LogP contribution in [-0.4, -0.2) is 17.5 Å². The minimum absolute atomic E-state index is 0.227. The number of halogens is 2. The van der Waals surface area contributed by atoms with Crippen LogP contribution in [0.4, 0.5) is 5.69 Å². The number of benzene rings is 2. The first-order valence-corrected chi connectivity index (χ1v) is 8.94. The zero-order valence-electron chi connectivity index (χ0n) is 14.7. The summed E-state index contributed by atoms with van der Waals surface area (Å²) in [4.78, 5) is 24.2. The van der Waals surface area contributed by atoms with E-state index in [4.69, 9.17) is 27.6 Å². The highest BCUT2D eigenvalue weighted by Gasteiger charge is 2.11. The van der Waals surface area contributed by atoms with E-state index in [1.54, 1.807) is 49.4 Å². The van der Waals surface area contributed by atoms with Crippen LogP contribution in [0.5, 0.6) is 0 Å². The molecule has 0 saturated heterocycles. The van der Waals surface area contributed by atoms with Gasteiger partial charge in [0.25, 0.3) is 11.8 Å². The number of furan rings is 1. The van der Waals surface area contributed by atoms with Gasteiger partial charge in [-0.15, -0.1) is 0 Å². The number of hydrogen-bond acceptors (Lipinski definition) is 4. The lowest BCUT2D eigenvalue weighted by atomic mass is 10.1. The van der Waals surface area contributed by atoms with Gasteiger partial charge in [0, 0.05) is 10.7 Å². The van der Waals surface area contributed by atoms with Crippen molar-refractivity contribution >= 4 is 46.4 Å². The van der Waals surface area contributed by atoms with Gasteiger partial charge in [0.05, 0.1) is 22.6 Å². The van der Waals surface area contributed by atoms with Gasteiger partial charge >= 0.3 is 0 Å². The number of carbonyl (C=O) groups is 2. The lowest BCUT2D eigenvalue weighted by Crippen LogP contribution is -2.19. The van der Waals surface area contributed by atoms with E-state index in [0.717, 1.165) is 5.56 Å². The molecule has 0 aliphatic carbocycles. The molecule has 1 heterocycles. The second-order valence-corrected chi connectivity index (χ2v) is 6.61. The molecule has 2 aromatic carbocycles. The Bertz CT molecular complexity index is 1030. The van der Waals surface area contributed by atoms with Crippen molar-refractivity contribution in [3.63, 3.8) is 0 Å². The maximum atomic E-state index is 12.2. The fourth-order valence-electron chi connectivity index (χ4n) is 2.33. The van der Waals surface area contributed by atoms with Crippen LogP contribution in [0, 0.1) is 0 Å². The van der Waals surface area contributed by atoms with Gasteiger partial charge in [0.2, 0.25) is 0 Å². The molecule has 3 rings (SSSR count). The Hall–Kier alpha value is -3.09. The minimum atomic E-state index is -0.441. The third-order valence-electron chi connectivity index (χ3n) is 3.81. The summed E-state index contributed by atoms with van der Waals surface area (Å²) in [5.41, 5.74) is 4.71. The van der Waals surface area contributed by atoms with E-state index in [1.165, 1.54) is 18.4 Å². The first kappa shape index (κ1) is 19.7. The number of rotatable bonds is 5. The quantitative estimate of drug-likeness (QED) is 0.454. The topological polar surface area (TPSA) is 83.7 Å². The SMILES string of the molecule is C/C(=N/NC(=O)c1ccc(Cl)cc1Cl)c1ccc(NC(=O)c2ccco2)cc1. The average Bonchev–Trinajstić information content (AvgIpc) is 3.21. The minimum Gasteiger partial charge on any atom is -0.459 e. The highest BCUT2D eigenvalue weighted by Crippen LogP contribution is 2.20. The zero-order valence-corrected chi connectivity index (χ0v) is 16.2. The summed E-state index contributed by atoms with van der Waals surface area (Å²) >= 11 is 11.8.